The Balaban J connectivity index is 1.47. The SMILES string of the molecule is Cc1ccc(C2=NN(C(=O)COc3ccc(C4CCCCC4)cc3)[C@@](O)(C(F)(F)F)C2)cc1. The molecule has 1 saturated carbocycles. The number of carbonyl (C=O) groups is 1. The van der Waals surface area contributed by atoms with Crippen molar-refractivity contribution in [2.45, 2.75) is 63.3 Å². The predicted molar refractivity (Wildman–Crippen MR) is 118 cm³/mol. The monoisotopic (exact) mass is 460 g/mol. The summed E-state index contributed by atoms with van der Waals surface area (Å²) < 4.78 is 46.7. The first-order valence-corrected chi connectivity index (χ1v) is 11.2. The van der Waals surface area contributed by atoms with Crippen molar-refractivity contribution in [3.8, 4) is 5.75 Å². The Morgan fingerprint density at radius 1 is 1.09 bits per heavy atom. The van der Waals surface area contributed by atoms with Crippen LogP contribution in [0.5, 0.6) is 5.75 Å². The van der Waals surface area contributed by atoms with Crippen LogP contribution in [0.15, 0.2) is 53.6 Å². The van der Waals surface area contributed by atoms with Gasteiger partial charge < -0.3 is 9.84 Å². The summed E-state index contributed by atoms with van der Waals surface area (Å²) in [6.07, 6.45) is 0.0350. The number of benzene rings is 2. The molecule has 4 rings (SSSR count). The summed E-state index contributed by atoms with van der Waals surface area (Å²) in [4.78, 5) is 12.7. The molecule has 1 N–H and O–H groups in total. The van der Waals surface area contributed by atoms with E-state index >= 15 is 0 Å². The number of hydrazone groups is 1. The van der Waals surface area contributed by atoms with Crippen LogP contribution in [-0.2, 0) is 4.79 Å². The zero-order valence-electron chi connectivity index (χ0n) is 18.4. The summed E-state index contributed by atoms with van der Waals surface area (Å²) >= 11 is 0. The van der Waals surface area contributed by atoms with Crippen molar-refractivity contribution >= 4 is 11.6 Å². The van der Waals surface area contributed by atoms with Gasteiger partial charge in [0.05, 0.1) is 12.1 Å². The highest BCUT2D eigenvalue weighted by Gasteiger charge is 2.63. The maximum absolute atomic E-state index is 13.7. The summed E-state index contributed by atoms with van der Waals surface area (Å²) in [6, 6.07) is 14.0. The lowest BCUT2D eigenvalue weighted by Crippen LogP contribution is -2.57. The highest BCUT2D eigenvalue weighted by Crippen LogP contribution is 2.41. The molecule has 0 saturated heterocycles. The maximum atomic E-state index is 13.7. The van der Waals surface area contributed by atoms with Crippen molar-refractivity contribution < 1.29 is 27.8 Å². The molecule has 0 aromatic heterocycles. The molecule has 2 aromatic carbocycles. The van der Waals surface area contributed by atoms with Gasteiger partial charge in [0.1, 0.15) is 5.75 Å². The fourth-order valence-electron chi connectivity index (χ4n) is 4.41. The molecule has 2 aliphatic rings. The number of rotatable bonds is 5. The van der Waals surface area contributed by atoms with Gasteiger partial charge in [-0.05, 0) is 48.9 Å². The van der Waals surface area contributed by atoms with Crippen LogP contribution in [0.25, 0.3) is 0 Å². The van der Waals surface area contributed by atoms with Crippen LogP contribution in [0.4, 0.5) is 13.2 Å². The van der Waals surface area contributed by atoms with Crippen LogP contribution in [0.1, 0.15) is 61.1 Å². The van der Waals surface area contributed by atoms with Gasteiger partial charge in [-0.25, -0.2) is 0 Å². The number of hydrogen-bond donors (Lipinski definition) is 1. The molecule has 2 aromatic rings. The second-order valence-electron chi connectivity index (χ2n) is 8.80. The van der Waals surface area contributed by atoms with Crippen LogP contribution in [-0.4, -0.2) is 40.2 Å². The summed E-state index contributed by atoms with van der Waals surface area (Å²) in [5.41, 5.74) is -0.887. The van der Waals surface area contributed by atoms with Crippen LogP contribution in [0.3, 0.4) is 0 Å². The average Bonchev–Trinajstić information content (AvgIpc) is 3.18. The van der Waals surface area contributed by atoms with Gasteiger partial charge in [-0.1, -0.05) is 61.2 Å². The standard InChI is InChI=1S/C25H27F3N2O3/c1-17-7-9-20(10-8-17)22-15-24(32,25(26,27)28)30(29-22)23(31)16-33-21-13-11-19(12-14-21)18-5-3-2-4-6-18/h7-14,18,32H,2-6,15-16H2,1H3/t24-/m0/s1. The lowest BCUT2D eigenvalue weighted by Gasteiger charge is -2.32. The first-order chi connectivity index (χ1) is 15.7. The van der Waals surface area contributed by atoms with Gasteiger partial charge >= 0.3 is 6.18 Å². The molecule has 33 heavy (non-hydrogen) atoms. The van der Waals surface area contributed by atoms with E-state index < -0.39 is 30.8 Å². The molecule has 176 valence electrons. The largest absolute Gasteiger partial charge is 0.484 e. The number of alkyl halides is 3. The summed E-state index contributed by atoms with van der Waals surface area (Å²) in [5, 5.41) is 14.4. The van der Waals surface area contributed by atoms with Crippen LogP contribution < -0.4 is 4.74 Å². The van der Waals surface area contributed by atoms with E-state index in [1.807, 2.05) is 19.1 Å². The second-order valence-corrected chi connectivity index (χ2v) is 8.80. The molecule has 1 amide bonds. The molecular formula is C25H27F3N2O3. The zero-order chi connectivity index (χ0) is 23.6. The molecule has 8 heteroatoms. The molecule has 1 aliphatic heterocycles. The van der Waals surface area contributed by atoms with Gasteiger partial charge in [-0.2, -0.15) is 23.3 Å². The van der Waals surface area contributed by atoms with E-state index in [0.29, 0.717) is 17.2 Å². The van der Waals surface area contributed by atoms with Crippen molar-refractivity contribution in [3.05, 3.63) is 65.2 Å². The Labute approximate surface area is 190 Å². The normalized spacial score (nSPS) is 21.7. The molecule has 5 nitrogen and oxygen atoms in total. The number of nitrogens with zero attached hydrogens (tertiary/aromatic N) is 2. The summed E-state index contributed by atoms with van der Waals surface area (Å²) in [5.74, 6) is -0.191. The third-order valence-electron chi connectivity index (χ3n) is 6.38. The lowest BCUT2D eigenvalue weighted by molar-refractivity contribution is -0.302. The number of halogens is 3. The third-order valence-corrected chi connectivity index (χ3v) is 6.38. The highest BCUT2D eigenvalue weighted by molar-refractivity contribution is 6.03. The maximum Gasteiger partial charge on any atom is 0.438 e. The number of carbonyl (C=O) groups excluding carboxylic acids is 1. The number of aliphatic hydroxyl groups is 1. The Bertz CT molecular complexity index is 1010. The van der Waals surface area contributed by atoms with Gasteiger partial charge in [-0.3, -0.25) is 4.79 Å². The molecular weight excluding hydrogens is 433 g/mol. The van der Waals surface area contributed by atoms with Crippen molar-refractivity contribution in [1.29, 1.82) is 0 Å². The predicted octanol–water partition coefficient (Wildman–Crippen LogP) is 5.31. The Morgan fingerprint density at radius 3 is 2.33 bits per heavy atom. The fourth-order valence-corrected chi connectivity index (χ4v) is 4.41. The van der Waals surface area contributed by atoms with Gasteiger partial charge in [0.25, 0.3) is 11.6 Å². The molecule has 1 atom stereocenters. The molecule has 0 unspecified atom stereocenters. The van der Waals surface area contributed by atoms with E-state index in [4.69, 9.17) is 4.74 Å². The van der Waals surface area contributed by atoms with Crippen LogP contribution >= 0.6 is 0 Å². The topological polar surface area (TPSA) is 62.1 Å². The van der Waals surface area contributed by atoms with Gasteiger partial charge in [-0.15, -0.1) is 0 Å². The summed E-state index contributed by atoms with van der Waals surface area (Å²) in [6.45, 7) is 1.17. The minimum atomic E-state index is -5.08. The smallest absolute Gasteiger partial charge is 0.438 e. The minimum absolute atomic E-state index is 0.0139. The Kier molecular flexibility index (Phi) is 6.47. The summed E-state index contributed by atoms with van der Waals surface area (Å²) in [7, 11) is 0. The lowest BCUT2D eigenvalue weighted by atomic mass is 9.84. The Hall–Kier alpha value is -2.87. The van der Waals surface area contributed by atoms with E-state index in [-0.39, 0.29) is 10.7 Å². The van der Waals surface area contributed by atoms with Gasteiger partial charge in [0.15, 0.2) is 6.61 Å². The highest BCUT2D eigenvalue weighted by atomic mass is 19.4. The third kappa shape index (κ3) is 4.90. The quantitative estimate of drug-likeness (QED) is 0.658. The van der Waals surface area contributed by atoms with E-state index in [0.717, 1.165) is 18.4 Å². The number of amides is 1. The van der Waals surface area contributed by atoms with Crippen molar-refractivity contribution in [2.75, 3.05) is 6.61 Å². The number of aryl methyl sites for hydroxylation is 1. The van der Waals surface area contributed by atoms with E-state index in [9.17, 15) is 23.1 Å². The van der Waals surface area contributed by atoms with Crippen molar-refractivity contribution in [1.82, 2.24) is 5.01 Å². The fraction of sp³-hybridized carbons (Fsp3) is 0.440. The van der Waals surface area contributed by atoms with E-state index in [1.54, 1.807) is 36.4 Å². The van der Waals surface area contributed by atoms with Crippen LogP contribution in [0, 0.1) is 6.92 Å². The molecule has 1 heterocycles. The van der Waals surface area contributed by atoms with E-state index in [2.05, 4.69) is 5.10 Å². The van der Waals surface area contributed by atoms with Gasteiger partial charge in [0.2, 0.25) is 0 Å². The van der Waals surface area contributed by atoms with Crippen molar-refractivity contribution in [3.63, 3.8) is 0 Å². The second kappa shape index (κ2) is 9.17. The van der Waals surface area contributed by atoms with Crippen LogP contribution in [0.2, 0.25) is 0 Å². The Morgan fingerprint density at radius 2 is 1.73 bits per heavy atom. The molecule has 1 fully saturated rings. The molecule has 0 radical (unpaired) electrons. The first kappa shape index (κ1) is 23.3. The van der Waals surface area contributed by atoms with Crippen molar-refractivity contribution in [2.24, 2.45) is 5.10 Å². The first-order valence-electron chi connectivity index (χ1n) is 11.2. The average molecular weight is 460 g/mol. The minimum Gasteiger partial charge on any atom is -0.484 e. The van der Waals surface area contributed by atoms with E-state index in [1.165, 1.54) is 24.8 Å². The number of ether oxygens (including phenoxy) is 1. The van der Waals surface area contributed by atoms with Gasteiger partial charge in [0, 0.05) is 0 Å². The molecule has 0 bridgehead atoms. The zero-order valence-corrected chi connectivity index (χ0v) is 18.4. The number of hydrogen-bond acceptors (Lipinski definition) is 4. The molecule has 0 spiro atoms. The molecule has 1 aliphatic carbocycles.